The lowest BCUT2D eigenvalue weighted by Gasteiger charge is -2.07. The summed E-state index contributed by atoms with van der Waals surface area (Å²) in [7, 11) is 3.17. The van der Waals surface area contributed by atoms with E-state index in [1.165, 1.54) is 30.0 Å². The number of nitrogens with zero attached hydrogens (tertiary/aromatic N) is 3. The Morgan fingerprint density at radius 2 is 2.00 bits per heavy atom. The summed E-state index contributed by atoms with van der Waals surface area (Å²) in [6.07, 6.45) is 1.54. The monoisotopic (exact) mass is 427 g/mol. The molecular formula is C19H17N5O3S2. The Morgan fingerprint density at radius 1 is 1.14 bits per heavy atom. The molecule has 29 heavy (non-hydrogen) atoms. The summed E-state index contributed by atoms with van der Waals surface area (Å²) >= 11 is 2.70. The molecular weight excluding hydrogens is 410 g/mol. The van der Waals surface area contributed by atoms with Gasteiger partial charge in [0.1, 0.15) is 10.8 Å². The van der Waals surface area contributed by atoms with E-state index in [9.17, 15) is 4.79 Å². The van der Waals surface area contributed by atoms with E-state index in [4.69, 9.17) is 9.47 Å². The molecule has 0 saturated heterocycles. The number of aryl methyl sites for hydroxylation is 1. The maximum atomic E-state index is 12.8. The van der Waals surface area contributed by atoms with E-state index in [-0.39, 0.29) is 5.91 Å². The third kappa shape index (κ3) is 3.98. The molecule has 0 aliphatic carbocycles. The van der Waals surface area contributed by atoms with Gasteiger partial charge in [0.05, 0.1) is 47.6 Å². The van der Waals surface area contributed by atoms with Crippen LogP contribution in [-0.2, 0) is 0 Å². The fourth-order valence-corrected chi connectivity index (χ4v) is 4.43. The molecule has 3 aromatic heterocycles. The highest BCUT2D eigenvalue weighted by atomic mass is 32.1. The van der Waals surface area contributed by atoms with Gasteiger partial charge in [0.15, 0.2) is 5.13 Å². The number of methoxy groups -OCH3 is 2. The number of carbonyl (C=O) groups excluding carboxylic acids is 1. The van der Waals surface area contributed by atoms with Gasteiger partial charge in [0.2, 0.25) is 5.88 Å². The largest absolute Gasteiger partial charge is 0.497 e. The molecule has 0 atom stereocenters. The molecule has 0 unspecified atom stereocenters. The fourth-order valence-electron chi connectivity index (χ4n) is 2.67. The molecule has 0 bridgehead atoms. The van der Waals surface area contributed by atoms with Crippen LogP contribution in [0.5, 0.6) is 11.6 Å². The van der Waals surface area contributed by atoms with Gasteiger partial charge in [0, 0.05) is 6.07 Å². The Hall–Kier alpha value is -3.24. The van der Waals surface area contributed by atoms with Gasteiger partial charge in [-0.3, -0.25) is 4.79 Å². The molecule has 1 aromatic carbocycles. The van der Waals surface area contributed by atoms with Crippen molar-refractivity contribution in [3.05, 3.63) is 47.8 Å². The van der Waals surface area contributed by atoms with Crippen LogP contribution in [0.1, 0.15) is 16.1 Å². The molecule has 0 spiro atoms. The van der Waals surface area contributed by atoms with Gasteiger partial charge in [-0.1, -0.05) is 11.3 Å². The Kier molecular flexibility index (Phi) is 5.28. The molecule has 10 heteroatoms. The van der Waals surface area contributed by atoms with E-state index in [1.54, 1.807) is 32.4 Å². The van der Waals surface area contributed by atoms with Crippen LogP contribution in [0, 0.1) is 6.92 Å². The first kappa shape index (κ1) is 19.1. The fraction of sp³-hybridized carbons (Fsp3) is 0.158. The number of rotatable bonds is 6. The number of aromatic nitrogens is 3. The summed E-state index contributed by atoms with van der Waals surface area (Å²) in [5.74, 6) is 0.981. The summed E-state index contributed by atoms with van der Waals surface area (Å²) < 4.78 is 15.6. The lowest BCUT2D eigenvalue weighted by Crippen LogP contribution is -2.14. The number of thiazole rings is 1. The lowest BCUT2D eigenvalue weighted by atomic mass is 10.2. The molecule has 1 amide bonds. The number of hydrogen-bond acceptors (Lipinski definition) is 9. The van der Waals surface area contributed by atoms with Gasteiger partial charge >= 0.3 is 0 Å². The lowest BCUT2D eigenvalue weighted by molar-refractivity contribution is 0.102. The van der Waals surface area contributed by atoms with Crippen molar-refractivity contribution in [1.82, 2.24) is 14.3 Å². The topological polar surface area (TPSA) is 98.3 Å². The van der Waals surface area contributed by atoms with Gasteiger partial charge in [0.25, 0.3) is 5.91 Å². The molecule has 4 rings (SSSR count). The Labute approximate surface area is 174 Å². The molecule has 8 nitrogen and oxygen atoms in total. The average molecular weight is 428 g/mol. The second-order valence-corrected chi connectivity index (χ2v) is 7.80. The van der Waals surface area contributed by atoms with Crippen molar-refractivity contribution >= 4 is 54.8 Å². The van der Waals surface area contributed by atoms with Crippen LogP contribution >= 0.6 is 22.9 Å². The maximum Gasteiger partial charge on any atom is 0.260 e. The van der Waals surface area contributed by atoms with Crippen molar-refractivity contribution in [3.8, 4) is 11.6 Å². The van der Waals surface area contributed by atoms with E-state index >= 15 is 0 Å². The zero-order valence-corrected chi connectivity index (χ0v) is 17.5. The summed E-state index contributed by atoms with van der Waals surface area (Å²) in [5.41, 5.74) is 2.54. The standard InChI is InChI=1S/C19H17N5O3S2/c1-10-16(17(25)21-11-4-7-15(27-3)20-9-11)18(29-24-10)23-19-22-13-6-5-12(26-2)8-14(13)28-19/h4-9H,1-3H3,(H,21,25)(H,22,23). The summed E-state index contributed by atoms with van der Waals surface area (Å²) in [6, 6.07) is 9.11. The van der Waals surface area contributed by atoms with E-state index < -0.39 is 0 Å². The van der Waals surface area contributed by atoms with Crippen LogP contribution in [0.15, 0.2) is 36.5 Å². The number of amides is 1. The van der Waals surface area contributed by atoms with E-state index in [1.807, 2.05) is 18.2 Å². The van der Waals surface area contributed by atoms with Crippen LogP contribution in [0.4, 0.5) is 15.8 Å². The summed E-state index contributed by atoms with van der Waals surface area (Å²) in [4.78, 5) is 21.5. The number of ether oxygens (including phenoxy) is 2. The molecule has 0 saturated carbocycles. The number of carbonyl (C=O) groups is 1. The minimum Gasteiger partial charge on any atom is -0.497 e. The number of anilines is 3. The first-order chi connectivity index (χ1) is 14.1. The van der Waals surface area contributed by atoms with E-state index in [2.05, 4.69) is 25.0 Å². The minimum atomic E-state index is -0.270. The third-order valence-electron chi connectivity index (χ3n) is 4.11. The van der Waals surface area contributed by atoms with Crippen molar-refractivity contribution in [3.63, 3.8) is 0 Å². The van der Waals surface area contributed by atoms with Crippen LogP contribution in [-0.4, -0.2) is 34.5 Å². The SMILES string of the molecule is COc1ccc2nc(Nc3snc(C)c3C(=O)Nc3ccc(OC)nc3)sc2c1. The zero-order valence-electron chi connectivity index (χ0n) is 15.8. The van der Waals surface area contributed by atoms with Crippen molar-refractivity contribution in [2.24, 2.45) is 0 Å². The van der Waals surface area contributed by atoms with Crippen LogP contribution in [0.25, 0.3) is 10.2 Å². The average Bonchev–Trinajstić information content (AvgIpc) is 3.30. The molecule has 0 fully saturated rings. The van der Waals surface area contributed by atoms with Crippen molar-refractivity contribution < 1.29 is 14.3 Å². The van der Waals surface area contributed by atoms with Gasteiger partial charge in [-0.25, -0.2) is 9.97 Å². The third-order valence-corrected chi connectivity index (χ3v) is 5.90. The summed E-state index contributed by atoms with van der Waals surface area (Å²) in [6.45, 7) is 1.80. The number of benzene rings is 1. The minimum absolute atomic E-state index is 0.270. The quantitative estimate of drug-likeness (QED) is 0.468. The van der Waals surface area contributed by atoms with Crippen molar-refractivity contribution in [2.75, 3.05) is 24.9 Å². The number of pyridine rings is 1. The first-order valence-electron chi connectivity index (χ1n) is 8.56. The van der Waals surface area contributed by atoms with Crippen LogP contribution in [0.3, 0.4) is 0 Å². The predicted octanol–water partition coefficient (Wildman–Crippen LogP) is 4.47. The molecule has 148 valence electrons. The van der Waals surface area contributed by atoms with Gasteiger partial charge in [-0.2, -0.15) is 4.37 Å². The molecule has 3 heterocycles. The van der Waals surface area contributed by atoms with Crippen LogP contribution < -0.4 is 20.1 Å². The molecule has 2 N–H and O–H groups in total. The predicted molar refractivity (Wildman–Crippen MR) is 115 cm³/mol. The molecule has 4 aromatic rings. The summed E-state index contributed by atoms with van der Waals surface area (Å²) in [5, 5.41) is 7.38. The highest BCUT2D eigenvalue weighted by molar-refractivity contribution is 7.22. The van der Waals surface area contributed by atoms with Gasteiger partial charge < -0.3 is 20.1 Å². The second-order valence-electron chi connectivity index (χ2n) is 5.99. The molecule has 0 aliphatic rings. The normalized spacial score (nSPS) is 10.7. The van der Waals surface area contributed by atoms with E-state index in [0.29, 0.717) is 33.0 Å². The second kappa shape index (κ2) is 8.02. The van der Waals surface area contributed by atoms with Gasteiger partial charge in [-0.15, -0.1) is 0 Å². The molecule has 0 aliphatic heterocycles. The Morgan fingerprint density at radius 3 is 2.72 bits per heavy atom. The smallest absolute Gasteiger partial charge is 0.260 e. The number of hydrogen-bond donors (Lipinski definition) is 2. The Balaban J connectivity index is 1.57. The van der Waals surface area contributed by atoms with Gasteiger partial charge in [-0.05, 0) is 42.7 Å². The first-order valence-corrected chi connectivity index (χ1v) is 10.2. The van der Waals surface area contributed by atoms with Crippen molar-refractivity contribution in [1.29, 1.82) is 0 Å². The van der Waals surface area contributed by atoms with Crippen LogP contribution in [0.2, 0.25) is 0 Å². The number of nitrogens with one attached hydrogen (secondary N) is 2. The highest BCUT2D eigenvalue weighted by Gasteiger charge is 2.20. The van der Waals surface area contributed by atoms with E-state index in [0.717, 1.165) is 16.0 Å². The Bertz CT molecular complexity index is 1170. The zero-order chi connectivity index (χ0) is 20.4. The number of fused-ring (bicyclic) bond motifs is 1. The molecule has 0 radical (unpaired) electrons. The van der Waals surface area contributed by atoms with Crippen molar-refractivity contribution in [2.45, 2.75) is 6.92 Å². The maximum absolute atomic E-state index is 12.8. The highest BCUT2D eigenvalue weighted by Crippen LogP contribution is 2.34.